The zero-order valence-electron chi connectivity index (χ0n) is 13.5. The van der Waals surface area contributed by atoms with Crippen LogP contribution in [0.4, 0.5) is 0 Å². The molecule has 5 heteroatoms. The van der Waals surface area contributed by atoms with Crippen LogP contribution in [0.3, 0.4) is 0 Å². The van der Waals surface area contributed by atoms with Crippen molar-refractivity contribution in [2.24, 2.45) is 0 Å². The van der Waals surface area contributed by atoms with Crippen LogP contribution in [0.5, 0.6) is 0 Å². The van der Waals surface area contributed by atoms with Crippen molar-refractivity contribution in [1.29, 1.82) is 0 Å². The predicted octanol–water partition coefficient (Wildman–Crippen LogP) is 3.59. The minimum atomic E-state index is -0.158. The van der Waals surface area contributed by atoms with E-state index in [-0.39, 0.29) is 5.60 Å². The van der Waals surface area contributed by atoms with Crippen LogP contribution in [0.15, 0.2) is 0 Å². The first kappa shape index (κ1) is 16.9. The lowest BCUT2D eigenvalue weighted by Gasteiger charge is -2.34. The summed E-state index contributed by atoms with van der Waals surface area (Å²) in [6.45, 7) is 4.68. The molecule has 1 N–H and O–H groups in total. The molecule has 0 aromatic carbocycles. The lowest BCUT2D eigenvalue weighted by molar-refractivity contribution is -0.0448. The van der Waals surface area contributed by atoms with Gasteiger partial charge in [-0.2, -0.15) is 0 Å². The topological polar surface area (TPSA) is 43.4 Å². The average Bonchev–Trinajstić information content (AvgIpc) is 2.92. The first-order chi connectivity index (χ1) is 10.3. The van der Waals surface area contributed by atoms with Gasteiger partial charge < -0.3 is 14.8 Å². The summed E-state index contributed by atoms with van der Waals surface area (Å²) in [6, 6.07) is 0. The summed E-state index contributed by atoms with van der Waals surface area (Å²) in [6.07, 6.45) is 7.10. The van der Waals surface area contributed by atoms with Crippen molar-refractivity contribution in [2.45, 2.75) is 64.2 Å². The van der Waals surface area contributed by atoms with E-state index in [1.165, 1.54) is 24.1 Å². The second-order valence-electron chi connectivity index (χ2n) is 5.76. The highest BCUT2D eigenvalue weighted by Gasteiger charge is 2.37. The van der Waals surface area contributed by atoms with Gasteiger partial charge in [-0.15, -0.1) is 11.3 Å². The van der Waals surface area contributed by atoms with E-state index in [4.69, 9.17) is 14.5 Å². The van der Waals surface area contributed by atoms with Gasteiger partial charge >= 0.3 is 0 Å². The Morgan fingerprint density at radius 2 is 2.00 bits per heavy atom. The first-order valence-corrected chi connectivity index (χ1v) is 8.81. The van der Waals surface area contributed by atoms with E-state index in [2.05, 4.69) is 12.2 Å². The summed E-state index contributed by atoms with van der Waals surface area (Å²) in [5.74, 6) is 0. The van der Waals surface area contributed by atoms with Crippen LogP contribution >= 0.6 is 11.3 Å². The van der Waals surface area contributed by atoms with Crippen molar-refractivity contribution in [2.75, 3.05) is 20.8 Å². The van der Waals surface area contributed by atoms with Crippen molar-refractivity contribution < 1.29 is 9.47 Å². The van der Waals surface area contributed by atoms with Gasteiger partial charge in [-0.05, 0) is 25.8 Å². The molecule has 21 heavy (non-hydrogen) atoms. The smallest absolute Gasteiger partial charge is 0.125 e. The number of hydrogen-bond donors (Lipinski definition) is 1. The van der Waals surface area contributed by atoms with E-state index in [1.807, 2.05) is 7.11 Å². The Hall–Kier alpha value is -0.490. The molecule has 1 aromatic rings. The summed E-state index contributed by atoms with van der Waals surface area (Å²) in [5.41, 5.74) is 0.914. The Bertz CT molecular complexity index is 428. The quantitative estimate of drug-likeness (QED) is 0.745. The van der Waals surface area contributed by atoms with Gasteiger partial charge in [0.25, 0.3) is 0 Å². The van der Waals surface area contributed by atoms with E-state index in [0.29, 0.717) is 6.61 Å². The molecule has 4 nitrogen and oxygen atoms in total. The molecule has 1 fully saturated rings. The van der Waals surface area contributed by atoms with Gasteiger partial charge in [0.05, 0.1) is 12.3 Å². The number of thiazole rings is 1. The third kappa shape index (κ3) is 4.03. The van der Waals surface area contributed by atoms with Gasteiger partial charge in [0.1, 0.15) is 10.6 Å². The number of aromatic nitrogens is 1. The summed E-state index contributed by atoms with van der Waals surface area (Å²) >= 11 is 1.80. The van der Waals surface area contributed by atoms with Crippen LogP contribution in [-0.4, -0.2) is 25.7 Å². The first-order valence-electron chi connectivity index (χ1n) is 7.99. The lowest BCUT2D eigenvalue weighted by Crippen LogP contribution is -2.31. The van der Waals surface area contributed by atoms with Gasteiger partial charge in [0, 0.05) is 25.6 Å². The number of methoxy groups -OCH3 is 2. The standard InChI is InChI=1S/C16H28N2O2S/c1-4-10-17-11-14-13(12-19-2)18-15(21-14)16(20-3)8-6-5-7-9-16/h17H,4-12H2,1-3H3. The van der Waals surface area contributed by atoms with Crippen molar-refractivity contribution in [3.8, 4) is 0 Å². The summed E-state index contributed by atoms with van der Waals surface area (Å²) in [4.78, 5) is 6.17. The molecule has 2 rings (SSSR count). The molecule has 1 aromatic heterocycles. The molecule has 1 aliphatic rings. The molecule has 0 amide bonds. The monoisotopic (exact) mass is 312 g/mol. The highest BCUT2D eigenvalue weighted by atomic mass is 32.1. The molecule has 0 aliphatic heterocycles. The van der Waals surface area contributed by atoms with Crippen molar-refractivity contribution in [3.63, 3.8) is 0 Å². The Labute approximate surface area is 132 Å². The van der Waals surface area contributed by atoms with Crippen LogP contribution < -0.4 is 5.32 Å². The molecule has 1 heterocycles. The zero-order chi connectivity index (χ0) is 15.1. The van der Waals surface area contributed by atoms with Crippen LogP contribution in [0.2, 0.25) is 0 Å². The maximum Gasteiger partial charge on any atom is 0.125 e. The Morgan fingerprint density at radius 3 is 2.62 bits per heavy atom. The summed E-state index contributed by atoms with van der Waals surface area (Å²) < 4.78 is 11.2. The fourth-order valence-corrected chi connectivity index (χ4v) is 4.23. The highest BCUT2D eigenvalue weighted by molar-refractivity contribution is 7.11. The molecule has 0 atom stereocenters. The van der Waals surface area contributed by atoms with E-state index < -0.39 is 0 Å². The molecule has 0 bridgehead atoms. The Morgan fingerprint density at radius 1 is 1.24 bits per heavy atom. The van der Waals surface area contributed by atoms with Gasteiger partial charge in [0.2, 0.25) is 0 Å². The van der Waals surface area contributed by atoms with E-state index >= 15 is 0 Å². The fraction of sp³-hybridized carbons (Fsp3) is 0.812. The predicted molar refractivity (Wildman–Crippen MR) is 86.6 cm³/mol. The Balaban J connectivity index is 2.20. The summed E-state index contributed by atoms with van der Waals surface area (Å²) in [7, 11) is 3.56. The van der Waals surface area contributed by atoms with Gasteiger partial charge in [-0.25, -0.2) is 4.98 Å². The fourth-order valence-electron chi connectivity index (χ4n) is 2.97. The SMILES string of the molecule is CCCNCc1sc(C2(OC)CCCCC2)nc1COC. The van der Waals surface area contributed by atoms with Gasteiger partial charge in [-0.1, -0.05) is 26.2 Å². The average molecular weight is 312 g/mol. The van der Waals surface area contributed by atoms with Gasteiger partial charge in [-0.3, -0.25) is 0 Å². The number of nitrogens with one attached hydrogen (secondary N) is 1. The van der Waals surface area contributed by atoms with Crippen molar-refractivity contribution in [1.82, 2.24) is 10.3 Å². The van der Waals surface area contributed by atoms with Crippen LogP contribution in [-0.2, 0) is 28.2 Å². The van der Waals surface area contributed by atoms with E-state index in [0.717, 1.165) is 43.1 Å². The largest absolute Gasteiger partial charge is 0.378 e. The van der Waals surface area contributed by atoms with Gasteiger partial charge in [0.15, 0.2) is 0 Å². The number of nitrogens with zero attached hydrogens (tertiary/aromatic N) is 1. The maximum absolute atomic E-state index is 5.92. The number of ether oxygens (including phenoxy) is 2. The third-order valence-corrected chi connectivity index (χ3v) is 5.50. The molecule has 1 saturated carbocycles. The number of rotatable bonds is 8. The van der Waals surface area contributed by atoms with Crippen molar-refractivity contribution >= 4 is 11.3 Å². The molecule has 0 unspecified atom stereocenters. The molecular weight excluding hydrogens is 284 g/mol. The molecule has 0 radical (unpaired) electrons. The Kier molecular flexibility index (Phi) is 6.61. The third-order valence-electron chi connectivity index (χ3n) is 4.21. The van der Waals surface area contributed by atoms with E-state index in [9.17, 15) is 0 Å². The summed E-state index contributed by atoms with van der Waals surface area (Å²) in [5, 5.41) is 4.61. The van der Waals surface area contributed by atoms with E-state index in [1.54, 1.807) is 18.4 Å². The minimum absolute atomic E-state index is 0.158. The maximum atomic E-state index is 5.92. The van der Waals surface area contributed by atoms with Crippen LogP contribution in [0, 0.1) is 0 Å². The van der Waals surface area contributed by atoms with Crippen LogP contribution in [0.25, 0.3) is 0 Å². The molecule has 0 saturated heterocycles. The lowest BCUT2D eigenvalue weighted by atomic mass is 9.85. The zero-order valence-corrected chi connectivity index (χ0v) is 14.4. The molecule has 0 spiro atoms. The molecular formula is C16H28N2O2S. The normalized spacial score (nSPS) is 18.0. The van der Waals surface area contributed by atoms with Crippen LogP contribution in [0.1, 0.15) is 61.0 Å². The number of hydrogen-bond acceptors (Lipinski definition) is 5. The molecule has 120 valence electrons. The second kappa shape index (κ2) is 8.22. The minimum Gasteiger partial charge on any atom is -0.378 e. The van der Waals surface area contributed by atoms with Crippen molar-refractivity contribution in [3.05, 3.63) is 15.6 Å². The highest BCUT2D eigenvalue weighted by Crippen LogP contribution is 2.42. The second-order valence-corrected chi connectivity index (χ2v) is 6.84. The molecule has 1 aliphatic carbocycles.